The van der Waals surface area contributed by atoms with Gasteiger partial charge in [-0.15, -0.1) is 0 Å². The minimum Gasteiger partial charge on any atom is -0.331 e. The first-order chi connectivity index (χ1) is 7.18. The van der Waals surface area contributed by atoms with Gasteiger partial charge in [0, 0.05) is 26.1 Å². The van der Waals surface area contributed by atoms with Crippen molar-refractivity contribution in [3.8, 4) is 0 Å². The minimum absolute atomic E-state index is 0.195. The zero-order chi connectivity index (χ0) is 10.8. The van der Waals surface area contributed by atoms with E-state index in [2.05, 4.69) is 9.97 Å². The molecule has 0 saturated carbocycles. The molecule has 0 spiro atoms. The highest BCUT2D eigenvalue weighted by Crippen LogP contribution is 2.13. The van der Waals surface area contributed by atoms with Crippen molar-refractivity contribution in [3.05, 3.63) is 24.3 Å². The molecule has 2 heterocycles. The fourth-order valence-electron chi connectivity index (χ4n) is 1.61. The normalized spacial score (nSPS) is 10.8. The Balaban J connectivity index is 2.36. The Morgan fingerprint density at radius 2 is 2.33 bits per heavy atom. The Hall–Kier alpha value is -1.71. The van der Waals surface area contributed by atoms with Crippen molar-refractivity contribution in [3.63, 3.8) is 0 Å². The van der Waals surface area contributed by atoms with Crippen LogP contribution in [0.5, 0.6) is 0 Å². The van der Waals surface area contributed by atoms with Crippen LogP contribution >= 0.6 is 0 Å². The third kappa shape index (κ3) is 1.88. The van der Waals surface area contributed by atoms with Gasteiger partial charge >= 0.3 is 0 Å². The number of ketones is 1. The lowest BCUT2D eigenvalue weighted by Crippen LogP contribution is -2.01. The second kappa shape index (κ2) is 3.81. The molecule has 0 aliphatic heterocycles. The van der Waals surface area contributed by atoms with Gasteiger partial charge in [-0.2, -0.15) is 0 Å². The molecule has 0 aromatic carbocycles. The highest BCUT2D eigenvalue weighted by Gasteiger charge is 2.07. The van der Waals surface area contributed by atoms with Crippen LogP contribution in [0, 0.1) is 0 Å². The van der Waals surface area contributed by atoms with Gasteiger partial charge in [0.2, 0.25) is 0 Å². The standard InChI is InChI=1S/C11H13N3O/c1-8(15)3-4-11-13-9-7-12-6-5-10(9)14(11)2/h5-7H,3-4H2,1-2H3. The third-order valence-electron chi connectivity index (χ3n) is 2.48. The van der Waals surface area contributed by atoms with E-state index in [4.69, 9.17) is 0 Å². The Bertz CT molecular complexity index is 502. The number of Topliss-reactive ketones (excluding diaryl/α,β-unsaturated/α-hetero) is 1. The molecule has 0 fully saturated rings. The molecular weight excluding hydrogens is 190 g/mol. The molecule has 2 aromatic heterocycles. The average Bonchev–Trinajstić information content (AvgIpc) is 2.54. The topological polar surface area (TPSA) is 47.8 Å². The molecule has 2 rings (SSSR count). The molecule has 0 aliphatic carbocycles. The Kier molecular flexibility index (Phi) is 2.49. The number of hydrogen-bond donors (Lipinski definition) is 0. The molecule has 4 heteroatoms. The molecule has 0 amide bonds. The molecule has 78 valence electrons. The number of aryl methyl sites for hydroxylation is 2. The minimum atomic E-state index is 0.195. The van der Waals surface area contributed by atoms with Gasteiger partial charge in [0.25, 0.3) is 0 Å². The fraction of sp³-hybridized carbons (Fsp3) is 0.364. The van der Waals surface area contributed by atoms with Crippen molar-refractivity contribution in [2.24, 2.45) is 7.05 Å². The summed E-state index contributed by atoms with van der Waals surface area (Å²) in [5.74, 6) is 1.13. The quantitative estimate of drug-likeness (QED) is 0.759. The molecular formula is C11H13N3O. The van der Waals surface area contributed by atoms with Crippen molar-refractivity contribution in [1.82, 2.24) is 14.5 Å². The lowest BCUT2D eigenvalue weighted by atomic mass is 10.2. The number of pyridine rings is 1. The number of hydrogen-bond acceptors (Lipinski definition) is 3. The van der Waals surface area contributed by atoms with Gasteiger partial charge in [0.15, 0.2) is 0 Å². The van der Waals surface area contributed by atoms with Gasteiger partial charge in [-0.05, 0) is 13.0 Å². The maximum absolute atomic E-state index is 10.9. The van der Waals surface area contributed by atoms with Gasteiger partial charge in [0.05, 0.1) is 11.7 Å². The Morgan fingerprint density at radius 3 is 3.00 bits per heavy atom. The molecule has 0 bridgehead atoms. The molecule has 2 aromatic rings. The van der Waals surface area contributed by atoms with Crippen LogP contribution in [0.25, 0.3) is 11.0 Å². The molecule has 4 nitrogen and oxygen atoms in total. The first-order valence-electron chi connectivity index (χ1n) is 4.93. The highest BCUT2D eigenvalue weighted by molar-refractivity contribution is 5.76. The number of fused-ring (bicyclic) bond motifs is 1. The van der Waals surface area contributed by atoms with Crippen LogP contribution in [-0.2, 0) is 18.3 Å². The number of carbonyl (C=O) groups excluding carboxylic acids is 1. The maximum Gasteiger partial charge on any atom is 0.130 e. The predicted octanol–water partition coefficient (Wildman–Crippen LogP) is 1.49. The van der Waals surface area contributed by atoms with Crippen LogP contribution in [0.2, 0.25) is 0 Å². The van der Waals surface area contributed by atoms with Crippen molar-refractivity contribution in [1.29, 1.82) is 0 Å². The molecule has 0 radical (unpaired) electrons. The van der Waals surface area contributed by atoms with E-state index < -0.39 is 0 Å². The third-order valence-corrected chi connectivity index (χ3v) is 2.48. The lowest BCUT2D eigenvalue weighted by molar-refractivity contribution is -0.117. The van der Waals surface area contributed by atoms with Gasteiger partial charge in [-0.3, -0.25) is 4.98 Å². The molecule has 15 heavy (non-hydrogen) atoms. The number of nitrogens with zero attached hydrogens (tertiary/aromatic N) is 3. The molecule has 0 aliphatic rings. The van der Waals surface area contributed by atoms with E-state index in [-0.39, 0.29) is 5.78 Å². The summed E-state index contributed by atoms with van der Waals surface area (Å²) >= 11 is 0. The Labute approximate surface area is 88.0 Å². The zero-order valence-electron chi connectivity index (χ0n) is 8.90. The molecule has 0 N–H and O–H groups in total. The number of aromatic nitrogens is 3. The predicted molar refractivity (Wildman–Crippen MR) is 57.5 cm³/mol. The van der Waals surface area contributed by atoms with Crippen LogP contribution in [0.1, 0.15) is 19.2 Å². The van der Waals surface area contributed by atoms with E-state index in [1.54, 1.807) is 19.3 Å². The monoisotopic (exact) mass is 203 g/mol. The number of imidazole rings is 1. The van der Waals surface area contributed by atoms with Crippen LogP contribution < -0.4 is 0 Å². The largest absolute Gasteiger partial charge is 0.331 e. The summed E-state index contributed by atoms with van der Waals surface area (Å²) in [4.78, 5) is 19.3. The van der Waals surface area contributed by atoms with Crippen molar-refractivity contribution in [2.45, 2.75) is 19.8 Å². The van der Waals surface area contributed by atoms with Gasteiger partial charge in [0.1, 0.15) is 17.1 Å². The fourth-order valence-corrected chi connectivity index (χ4v) is 1.61. The van der Waals surface area contributed by atoms with Crippen molar-refractivity contribution >= 4 is 16.8 Å². The van der Waals surface area contributed by atoms with E-state index in [1.165, 1.54) is 0 Å². The number of rotatable bonds is 3. The second-order valence-electron chi connectivity index (χ2n) is 3.65. The average molecular weight is 203 g/mol. The van der Waals surface area contributed by atoms with Gasteiger partial charge < -0.3 is 9.36 Å². The molecule has 0 atom stereocenters. The van der Waals surface area contributed by atoms with E-state index in [1.807, 2.05) is 17.7 Å². The molecule has 0 saturated heterocycles. The first kappa shape index (κ1) is 9.83. The van der Waals surface area contributed by atoms with E-state index in [0.29, 0.717) is 12.8 Å². The second-order valence-corrected chi connectivity index (χ2v) is 3.65. The summed E-state index contributed by atoms with van der Waals surface area (Å²) in [5.41, 5.74) is 1.95. The zero-order valence-corrected chi connectivity index (χ0v) is 8.90. The van der Waals surface area contributed by atoms with Crippen LogP contribution in [0.3, 0.4) is 0 Å². The summed E-state index contributed by atoms with van der Waals surface area (Å²) in [6.45, 7) is 1.60. The van der Waals surface area contributed by atoms with Crippen molar-refractivity contribution < 1.29 is 4.79 Å². The van der Waals surface area contributed by atoms with Crippen LogP contribution in [0.4, 0.5) is 0 Å². The maximum atomic E-state index is 10.9. The van der Waals surface area contributed by atoms with Gasteiger partial charge in [-0.1, -0.05) is 0 Å². The number of carbonyl (C=O) groups is 1. The summed E-state index contributed by atoms with van der Waals surface area (Å²) in [6, 6.07) is 1.93. The summed E-state index contributed by atoms with van der Waals surface area (Å²) in [7, 11) is 1.96. The van der Waals surface area contributed by atoms with Crippen LogP contribution in [0.15, 0.2) is 18.5 Å². The lowest BCUT2D eigenvalue weighted by Gasteiger charge is -1.99. The Morgan fingerprint density at radius 1 is 1.53 bits per heavy atom. The first-order valence-corrected chi connectivity index (χ1v) is 4.93. The van der Waals surface area contributed by atoms with E-state index in [0.717, 1.165) is 16.9 Å². The summed E-state index contributed by atoms with van der Waals surface area (Å²) in [6.07, 6.45) is 4.73. The molecule has 0 unspecified atom stereocenters. The van der Waals surface area contributed by atoms with Gasteiger partial charge in [-0.25, -0.2) is 4.98 Å². The summed E-state index contributed by atoms with van der Waals surface area (Å²) in [5, 5.41) is 0. The van der Waals surface area contributed by atoms with E-state index >= 15 is 0 Å². The highest BCUT2D eigenvalue weighted by atomic mass is 16.1. The van der Waals surface area contributed by atoms with Crippen molar-refractivity contribution in [2.75, 3.05) is 0 Å². The summed E-state index contributed by atoms with van der Waals surface area (Å²) < 4.78 is 2.01. The smallest absolute Gasteiger partial charge is 0.130 e. The SMILES string of the molecule is CC(=O)CCc1nc2cnccc2n1C. The van der Waals surface area contributed by atoms with E-state index in [9.17, 15) is 4.79 Å². The van der Waals surface area contributed by atoms with Crippen LogP contribution in [-0.4, -0.2) is 20.3 Å².